The molecule has 3 aromatic rings. The summed E-state index contributed by atoms with van der Waals surface area (Å²) in [5, 5.41) is 0. The molecule has 45 heavy (non-hydrogen) atoms. The lowest BCUT2D eigenvalue weighted by atomic mass is 9.70. The third kappa shape index (κ3) is 4.11. The summed E-state index contributed by atoms with van der Waals surface area (Å²) in [5.74, 6) is 1.74. The molecule has 6 nitrogen and oxygen atoms in total. The number of nitrogens with one attached hydrogen (secondary N) is 2. The molecule has 9 aliphatic rings. The first-order chi connectivity index (χ1) is 22.0. The average molecular weight is 621 g/mol. The van der Waals surface area contributed by atoms with Crippen molar-refractivity contribution in [1.29, 1.82) is 0 Å². The number of H-pyrrole nitrogens is 2. The lowest BCUT2D eigenvalue weighted by Crippen LogP contribution is -2.20. The van der Waals surface area contributed by atoms with Crippen LogP contribution in [0.2, 0.25) is 0 Å². The Morgan fingerprint density at radius 1 is 0.578 bits per heavy atom. The standard InChI is InChI=1S/C38H40N2O4S/c1-3-43-37(41)35-33-23-13-5-19(6-14-23)29(33)25(39-35)17-27-31-21-9-11-22(12-10-21)32(31)28(45-27)18-26-30-20-7-15-24(16-8-20)34(30)36(40-26)38(42)44-4-2/h5,7,9,11,13,15,19-24,39-40H,3-4,6,8,10,12,14,16-18H2,1-2H3/t19-,20+,21-,22+,23+,24-. The lowest BCUT2D eigenvalue weighted by Gasteiger charge is -2.34. The topological polar surface area (TPSA) is 84.2 Å². The summed E-state index contributed by atoms with van der Waals surface area (Å²) in [7, 11) is 0. The first kappa shape index (κ1) is 27.7. The van der Waals surface area contributed by atoms with Crippen LogP contribution in [0.25, 0.3) is 0 Å². The number of hydrogen-bond acceptors (Lipinski definition) is 5. The molecule has 0 fully saturated rings. The van der Waals surface area contributed by atoms with Crippen LogP contribution in [-0.2, 0) is 22.3 Å². The van der Waals surface area contributed by atoms with E-state index in [4.69, 9.17) is 9.47 Å². The number of aromatic amines is 2. The van der Waals surface area contributed by atoms with E-state index in [1.165, 1.54) is 67.4 Å². The molecule has 9 aliphatic carbocycles. The fourth-order valence-corrected chi connectivity index (χ4v) is 11.1. The Hall–Kier alpha value is -3.58. The van der Waals surface area contributed by atoms with E-state index in [9.17, 15) is 9.59 Å². The molecule has 232 valence electrons. The highest BCUT2D eigenvalue weighted by molar-refractivity contribution is 7.12. The Morgan fingerprint density at radius 3 is 1.24 bits per heavy atom. The average Bonchev–Trinajstić information content (AvgIpc) is 3.79. The summed E-state index contributed by atoms with van der Waals surface area (Å²) >= 11 is 1.96. The van der Waals surface area contributed by atoms with Gasteiger partial charge in [-0.25, -0.2) is 9.59 Å². The second kappa shape index (κ2) is 10.5. The van der Waals surface area contributed by atoms with Crippen molar-refractivity contribution in [2.45, 2.75) is 101 Å². The number of allylic oxidation sites excluding steroid dienone is 6. The highest BCUT2D eigenvalue weighted by Gasteiger charge is 2.41. The SMILES string of the molecule is CCOC(=O)c1[nH]c(Cc2sc(Cc3[nH]c(C(=O)OCC)c4c3[C@@H]3C=C[C@H]4CC3)c3c2[C@H]2C=C[C@@H]3CC2)c2c1[C@@H]1C=C[C@H]2CC1. The van der Waals surface area contributed by atoms with Gasteiger partial charge in [-0.3, -0.25) is 0 Å². The van der Waals surface area contributed by atoms with E-state index < -0.39 is 0 Å². The summed E-state index contributed by atoms with van der Waals surface area (Å²) in [6.07, 6.45) is 22.7. The summed E-state index contributed by atoms with van der Waals surface area (Å²) in [6.45, 7) is 4.50. The maximum atomic E-state index is 13.1. The summed E-state index contributed by atoms with van der Waals surface area (Å²) in [4.78, 5) is 36.4. The number of carbonyl (C=O) groups is 2. The first-order valence-electron chi connectivity index (χ1n) is 17.1. The number of hydrogen-bond donors (Lipinski definition) is 2. The van der Waals surface area contributed by atoms with Gasteiger partial charge in [-0.15, -0.1) is 11.3 Å². The quantitative estimate of drug-likeness (QED) is 0.195. The van der Waals surface area contributed by atoms with E-state index >= 15 is 0 Å². The Bertz CT molecular complexity index is 1700. The van der Waals surface area contributed by atoms with Gasteiger partial charge >= 0.3 is 11.9 Å². The van der Waals surface area contributed by atoms with E-state index in [1.807, 2.05) is 25.2 Å². The van der Waals surface area contributed by atoms with Crippen molar-refractivity contribution in [3.8, 4) is 0 Å². The van der Waals surface area contributed by atoms with Crippen molar-refractivity contribution >= 4 is 23.3 Å². The monoisotopic (exact) mass is 620 g/mol. The molecular formula is C38H40N2O4S. The molecule has 6 bridgehead atoms. The zero-order valence-electron chi connectivity index (χ0n) is 26.0. The van der Waals surface area contributed by atoms with Crippen LogP contribution in [0.4, 0.5) is 0 Å². The molecule has 3 aromatic heterocycles. The van der Waals surface area contributed by atoms with Gasteiger partial charge in [-0.05, 0) is 85.8 Å². The lowest BCUT2D eigenvalue weighted by molar-refractivity contribution is 0.0508. The van der Waals surface area contributed by atoms with Crippen LogP contribution in [0.1, 0.15) is 163 Å². The van der Waals surface area contributed by atoms with Gasteiger partial charge in [0.15, 0.2) is 0 Å². The Labute approximate surface area is 268 Å². The van der Waals surface area contributed by atoms with E-state index in [2.05, 4.69) is 46.4 Å². The Kier molecular flexibility index (Phi) is 6.45. The van der Waals surface area contributed by atoms with Gasteiger partial charge in [-0.2, -0.15) is 0 Å². The summed E-state index contributed by atoms with van der Waals surface area (Å²) in [5.41, 5.74) is 11.8. The zero-order chi connectivity index (χ0) is 30.4. The van der Waals surface area contributed by atoms with Crippen molar-refractivity contribution in [2.24, 2.45) is 0 Å². The van der Waals surface area contributed by atoms with Gasteiger partial charge < -0.3 is 19.4 Å². The molecule has 0 amide bonds. The van der Waals surface area contributed by atoms with Crippen molar-refractivity contribution in [1.82, 2.24) is 9.97 Å². The minimum Gasteiger partial charge on any atom is -0.461 e. The molecule has 0 saturated heterocycles. The van der Waals surface area contributed by atoms with Gasteiger partial charge in [0.25, 0.3) is 0 Å². The van der Waals surface area contributed by atoms with E-state index in [1.54, 1.807) is 0 Å². The minimum atomic E-state index is -0.228. The fraction of sp³-hybridized carbons (Fsp3) is 0.474. The van der Waals surface area contributed by atoms with Gasteiger partial charge in [0, 0.05) is 69.5 Å². The van der Waals surface area contributed by atoms with Crippen LogP contribution in [0.5, 0.6) is 0 Å². The van der Waals surface area contributed by atoms with Crippen molar-refractivity contribution in [2.75, 3.05) is 13.2 Å². The van der Waals surface area contributed by atoms with Crippen molar-refractivity contribution in [3.05, 3.63) is 102 Å². The maximum absolute atomic E-state index is 13.1. The normalized spacial score (nSPS) is 27.5. The number of aromatic nitrogens is 2. The molecule has 0 spiro atoms. The minimum absolute atomic E-state index is 0.228. The highest BCUT2D eigenvalue weighted by Crippen LogP contribution is 2.55. The molecule has 0 unspecified atom stereocenters. The Morgan fingerprint density at radius 2 is 0.911 bits per heavy atom. The van der Waals surface area contributed by atoms with Crippen LogP contribution >= 0.6 is 11.3 Å². The molecular weight excluding hydrogens is 580 g/mol. The molecule has 6 atom stereocenters. The van der Waals surface area contributed by atoms with Gasteiger partial charge in [0.05, 0.1) is 13.2 Å². The Balaban J connectivity index is 1.14. The van der Waals surface area contributed by atoms with Crippen molar-refractivity contribution in [3.63, 3.8) is 0 Å². The first-order valence-corrected chi connectivity index (χ1v) is 17.9. The number of rotatable bonds is 8. The molecule has 0 saturated carbocycles. The summed E-state index contributed by atoms with van der Waals surface area (Å²) in [6, 6.07) is 0. The maximum Gasteiger partial charge on any atom is 0.355 e. The largest absolute Gasteiger partial charge is 0.461 e. The zero-order valence-corrected chi connectivity index (χ0v) is 26.9. The van der Waals surface area contributed by atoms with Gasteiger partial charge in [-0.1, -0.05) is 36.5 Å². The molecule has 0 aliphatic heterocycles. The van der Waals surface area contributed by atoms with Gasteiger partial charge in [0.1, 0.15) is 11.4 Å². The van der Waals surface area contributed by atoms with Crippen molar-refractivity contribution < 1.29 is 19.1 Å². The van der Waals surface area contributed by atoms with E-state index in [0.717, 1.165) is 38.5 Å². The predicted octanol–water partition coefficient (Wildman–Crippen LogP) is 8.53. The number of fused-ring (bicyclic) bond motifs is 3. The number of carbonyl (C=O) groups excluding carboxylic acids is 2. The molecule has 2 N–H and O–H groups in total. The van der Waals surface area contributed by atoms with Crippen LogP contribution in [0, 0.1) is 0 Å². The number of ether oxygens (including phenoxy) is 2. The molecule has 0 aromatic carbocycles. The second-order valence-electron chi connectivity index (χ2n) is 13.7. The fourth-order valence-electron chi connectivity index (χ4n) is 9.65. The second-order valence-corrected chi connectivity index (χ2v) is 14.9. The van der Waals surface area contributed by atoms with E-state index in [0.29, 0.717) is 48.3 Å². The number of thiophene rings is 1. The molecule has 0 radical (unpaired) electrons. The molecule has 3 heterocycles. The van der Waals surface area contributed by atoms with E-state index in [-0.39, 0.29) is 23.8 Å². The predicted molar refractivity (Wildman–Crippen MR) is 175 cm³/mol. The number of esters is 2. The third-order valence-electron chi connectivity index (χ3n) is 11.4. The highest BCUT2D eigenvalue weighted by atomic mass is 32.1. The third-order valence-corrected chi connectivity index (χ3v) is 12.6. The van der Waals surface area contributed by atoms with Crippen LogP contribution in [0.3, 0.4) is 0 Å². The van der Waals surface area contributed by atoms with Crippen LogP contribution < -0.4 is 0 Å². The van der Waals surface area contributed by atoms with Gasteiger partial charge in [0.2, 0.25) is 0 Å². The van der Waals surface area contributed by atoms with Crippen LogP contribution in [0.15, 0.2) is 36.5 Å². The van der Waals surface area contributed by atoms with Crippen LogP contribution in [-0.4, -0.2) is 35.1 Å². The summed E-state index contributed by atoms with van der Waals surface area (Å²) < 4.78 is 11.0. The smallest absolute Gasteiger partial charge is 0.355 e. The molecule has 7 heteroatoms. The molecule has 12 rings (SSSR count).